The van der Waals surface area contributed by atoms with Crippen LogP contribution >= 0.6 is 0 Å². The number of nitrogens with two attached hydrogens (primary N) is 1. The van der Waals surface area contributed by atoms with Gasteiger partial charge in [-0.1, -0.05) is 0 Å². The molecule has 0 aliphatic rings. The normalized spacial score (nSPS) is 10.7. The van der Waals surface area contributed by atoms with Crippen LogP contribution in [0.25, 0.3) is 10.8 Å². The van der Waals surface area contributed by atoms with E-state index in [1.165, 1.54) is 36.2 Å². The highest BCUT2D eigenvalue weighted by molar-refractivity contribution is 6.04. The van der Waals surface area contributed by atoms with Crippen LogP contribution in [-0.2, 0) is 6.54 Å². The zero-order valence-electron chi connectivity index (χ0n) is 14.2. The summed E-state index contributed by atoms with van der Waals surface area (Å²) in [5.74, 6) is -0.120. The van der Waals surface area contributed by atoms with Gasteiger partial charge < -0.3 is 20.9 Å². The summed E-state index contributed by atoms with van der Waals surface area (Å²) in [7, 11) is 1.39. The number of anilines is 2. The third-order valence-corrected chi connectivity index (χ3v) is 3.92. The average molecular weight is 355 g/mol. The fourth-order valence-electron chi connectivity index (χ4n) is 2.66. The quantitative estimate of drug-likeness (QED) is 0.643. The first-order chi connectivity index (χ1) is 12.5. The number of nitrogens with zero attached hydrogens (tertiary/aromatic N) is 3. The van der Waals surface area contributed by atoms with Crippen molar-refractivity contribution in [2.75, 3.05) is 18.2 Å². The number of hydrogen-bond acceptors (Lipinski definition) is 7. The number of methoxy groups -OCH3 is 1. The van der Waals surface area contributed by atoms with Gasteiger partial charge in [-0.3, -0.25) is 14.2 Å². The number of phenolic OH excluding ortho intramolecular Hbond substituents is 1. The van der Waals surface area contributed by atoms with Gasteiger partial charge >= 0.3 is 0 Å². The summed E-state index contributed by atoms with van der Waals surface area (Å²) >= 11 is 0. The van der Waals surface area contributed by atoms with Crippen molar-refractivity contribution in [3.8, 4) is 11.5 Å². The van der Waals surface area contributed by atoms with Gasteiger partial charge in [0.1, 0.15) is 5.82 Å². The highest BCUT2D eigenvalue weighted by atomic mass is 16.5. The Morgan fingerprint density at radius 1 is 1.31 bits per heavy atom. The van der Waals surface area contributed by atoms with Crippen molar-refractivity contribution in [2.45, 2.75) is 13.5 Å². The summed E-state index contributed by atoms with van der Waals surface area (Å²) in [6.45, 7) is 2.12. The van der Waals surface area contributed by atoms with Gasteiger partial charge in [0.05, 0.1) is 18.1 Å². The molecule has 9 nitrogen and oxygen atoms in total. The van der Waals surface area contributed by atoms with E-state index >= 15 is 0 Å². The van der Waals surface area contributed by atoms with Crippen LogP contribution in [0.1, 0.15) is 17.3 Å². The Morgan fingerprint density at radius 3 is 2.62 bits per heavy atom. The number of amides is 1. The highest BCUT2D eigenvalue weighted by Gasteiger charge is 2.16. The Morgan fingerprint density at radius 2 is 2.00 bits per heavy atom. The molecule has 0 atom stereocenters. The number of phenols is 1. The minimum Gasteiger partial charge on any atom is -0.504 e. The first-order valence-electron chi connectivity index (χ1n) is 7.78. The maximum Gasteiger partial charge on any atom is 0.260 e. The van der Waals surface area contributed by atoms with Crippen LogP contribution in [0.3, 0.4) is 0 Å². The van der Waals surface area contributed by atoms with E-state index in [-0.39, 0.29) is 34.4 Å². The number of fused-ring (bicyclic) bond motifs is 1. The van der Waals surface area contributed by atoms with E-state index < -0.39 is 5.91 Å². The van der Waals surface area contributed by atoms with Gasteiger partial charge in [-0.25, -0.2) is 9.97 Å². The van der Waals surface area contributed by atoms with E-state index in [9.17, 15) is 14.7 Å². The van der Waals surface area contributed by atoms with E-state index in [1.807, 2.05) is 0 Å². The third-order valence-electron chi connectivity index (χ3n) is 3.92. The molecule has 0 saturated heterocycles. The standard InChI is InChI=1S/C17H17N5O4/c1-3-22-13(21-15(24)9-7-19-17(18)20-8-9)6-11-10(16(22)25)4-5-12(23)14(11)26-2/h4-8,23H,3H2,1-2H3,(H,21,24)(H2,18,19,20). The van der Waals surface area contributed by atoms with Crippen LogP contribution in [-0.4, -0.2) is 32.7 Å². The maximum absolute atomic E-state index is 12.8. The summed E-state index contributed by atoms with van der Waals surface area (Å²) in [5, 5.41) is 13.4. The number of pyridine rings is 1. The number of ether oxygens (including phenoxy) is 1. The minimum atomic E-state index is -0.495. The lowest BCUT2D eigenvalue weighted by Gasteiger charge is -2.15. The SMILES string of the molecule is CCn1c(NC(=O)c2cnc(N)nc2)cc2c(OC)c(O)ccc2c1=O. The first-order valence-corrected chi connectivity index (χ1v) is 7.78. The maximum atomic E-state index is 12.8. The number of nitrogen functional groups attached to an aromatic ring is 1. The number of carbonyl (C=O) groups is 1. The fraction of sp³-hybridized carbons (Fsp3) is 0.176. The molecule has 3 rings (SSSR count). The Balaban J connectivity index is 2.13. The van der Waals surface area contributed by atoms with Crippen LogP contribution in [0.4, 0.5) is 11.8 Å². The van der Waals surface area contributed by atoms with Crippen molar-refractivity contribution in [1.82, 2.24) is 14.5 Å². The van der Waals surface area contributed by atoms with Crippen molar-refractivity contribution in [2.24, 2.45) is 0 Å². The molecule has 4 N–H and O–H groups in total. The molecule has 1 amide bonds. The summed E-state index contributed by atoms with van der Waals surface area (Å²) in [5.41, 5.74) is 5.30. The number of benzene rings is 1. The van der Waals surface area contributed by atoms with Gasteiger partial charge in [-0.15, -0.1) is 0 Å². The first kappa shape index (κ1) is 17.2. The van der Waals surface area contributed by atoms with Crippen LogP contribution in [0, 0.1) is 0 Å². The highest BCUT2D eigenvalue weighted by Crippen LogP contribution is 2.34. The summed E-state index contributed by atoms with van der Waals surface area (Å²) in [6.07, 6.45) is 2.58. The summed E-state index contributed by atoms with van der Waals surface area (Å²) in [4.78, 5) is 32.7. The Hall–Kier alpha value is -3.62. The molecule has 0 saturated carbocycles. The molecule has 0 unspecified atom stereocenters. The monoisotopic (exact) mass is 355 g/mol. The van der Waals surface area contributed by atoms with E-state index in [4.69, 9.17) is 10.5 Å². The molecule has 0 spiro atoms. The average Bonchev–Trinajstić information content (AvgIpc) is 2.62. The molecule has 2 aromatic heterocycles. The van der Waals surface area contributed by atoms with E-state index in [0.717, 1.165) is 0 Å². The Labute approximate surface area is 148 Å². The number of aromatic nitrogens is 3. The molecule has 2 heterocycles. The molecule has 0 bridgehead atoms. The predicted molar refractivity (Wildman–Crippen MR) is 96.5 cm³/mol. The van der Waals surface area contributed by atoms with E-state index in [2.05, 4.69) is 15.3 Å². The molecule has 0 aliphatic heterocycles. The van der Waals surface area contributed by atoms with Crippen molar-refractivity contribution < 1.29 is 14.6 Å². The molecular formula is C17H17N5O4. The van der Waals surface area contributed by atoms with Gasteiger partial charge in [0.15, 0.2) is 11.5 Å². The van der Waals surface area contributed by atoms with Crippen molar-refractivity contribution in [1.29, 1.82) is 0 Å². The molecule has 3 aromatic rings. The second-order valence-corrected chi connectivity index (χ2v) is 5.44. The topological polar surface area (TPSA) is 132 Å². The Bertz CT molecular complexity index is 1040. The van der Waals surface area contributed by atoms with Gasteiger partial charge in [0.2, 0.25) is 5.95 Å². The molecule has 0 fully saturated rings. The number of hydrogen-bond donors (Lipinski definition) is 3. The van der Waals surface area contributed by atoms with Crippen molar-refractivity contribution in [3.63, 3.8) is 0 Å². The lowest BCUT2D eigenvalue weighted by molar-refractivity contribution is 0.102. The van der Waals surface area contributed by atoms with Crippen molar-refractivity contribution >= 4 is 28.4 Å². The third kappa shape index (κ3) is 2.90. The van der Waals surface area contributed by atoms with Crippen LogP contribution < -0.4 is 21.3 Å². The number of aromatic hydroxyl groups is 1. The lowest BCUT2D eigenvalue weighted by atomic mass is 10.1. The smallest absolute Gasteiger partial charge is 0.260 e. The fourth-order valence-corrected chi connectivity index (χ4v) is 2.66. The zero-order valence-corrected chi connectivity index (χ0v) is 14.2. The number of nitrogens with one attached hydrogen (secondary N) is 1. The van der Waals surface area contributed by atoms with E-state index in [1.54, 1.807) is 13.0 Å². The largest absolute Gasteiger partial charge is 0.504 e. The predicted octanol–water partition coefficient (Wildman–Crippen LogP) is 1.36. The second-order valence-electron chi connectivity index (χ2n) is 5.44. The molecule has 0 aliphatic carbocycles. The Kier molecular flexibility index (Phi) is 4.44. The molecule has 134 valence electrons. The van der Waals surface area contributed by atoms with Gasteiger partial charge in [0.25, 0.3) is 11.5 Å². The zero-order chi connectivity index (χ0) is 18.8. The van der Waals surface area contributed by atoms with Gasteiger partial charge in [-0.05, 0) is 25.1 Å². The van der Waals surface area contributed by atoms with Gasteiger partial charge in [-0.2, -0.15) is 0 Å². The van der Waals surface area contributed by atoms with Crippen LogP contribution in [0.5, 0.6) is 11.5 Å². The van der Waals surface area contributed by atoms with Crippen LogP contribution in [0.2, 0.25) is 0 Å². The summed E-state index contributed by atoms with van der Waals surface area (Å²) in [6, 6.07) is 4.49. The molecular weight excluding hydrogens is 338 g/mol. The van der Waals surface area contributed by atoms with E-state index in [0.29, 0.717) is 17.3 Å². The number of rotatable bonds is 4. The molecule has 0 radical (unpaired) electrons. The molecule has 9 heteroatoms. The van der Waals surface area contributed by atoms with Crippen LogP contribution in [0.15, 0.2) is 35.4 Å². The van der Waals surface area contributed by atoms with Gasteiger partial charge in [0, 0.05) is 24.3 Å². The van der Waals surface area contributed by atoms with Crippen molar-refractivity contribution in [3.05, 3.63) is 46.5 Å². The lowest BCUT2D eigenvalue weighted by Crippen LogP contribution is -2.25. The minimum absolute atomic E-state index is 0.0536. The molecule has 26 heavy (non-hydrogen) atoms. The summed E-state index contributed by atoms with van der Waals surface area (Å²) < 4.78 is 6.61. The second kappa shape index (κ2) is 6.71. The molecule has 1 aromatic carbocycles. The number of carbonyl (C=O) groups excluding carboxylic acids is 1.